The van der Waals surface area contributed by atoms with Gasteiger partial charge in [-0.25, -0.2) is 0 Å². The lowest BCUT2D eigenvalue weighted by molar-refractivity contribution is 0.353. The molecule has 0 fully saturated rings. The van der Waals surface area contributed by atoms with E-state index in [1.165, 1.54) is 4.88 Å². The maximum atomic E-state index is 5.65. The molecule has 1 aromatic rings. The third kappa shape index (κ3) is 4.22. The van der Waals surface area contributed by atoms with Gasteiger partial charge in [0.05, 0.1) is 0 Å². The first kappa shape index (κ1) is 11.7. The first-order valence-corrected chi connectivity index (χ1v) is 5.95. The van der Waals surface area contributed by atoms with E-state index in [-0.39, 0.29) is 5.41 Å². The summed E-state index contributed by atoms with van der Waals surface area (Å²) in [6.07, 6.45) is 1.12. The van der Waals surface area contributed by atoms with E-state index < -0.39 is 0 Å². The Morgan fingerprint density at radius 3 is 2.86 bits per heavy atom. The standard InChI is InChI=1S/C11H20N2S/c1-11(2,8-12)9-13-6-5-10-4-3-7-14-10/h3-4,7,13H,5-6,8-9,12H2,1-2H3. The summed E-state index contributed by atoms with van der Waals surface area (Å²) in [4.78, 5) is 1.45. The van der Waals surface area contributed by atoms with Crippen LogP contribution in [0.5, 0.6) is 0 Å². The van der Waals surface area contributed by atoms with E-state index in [0.29, 0.717) is 0 Å². The van der Waals surface area contributed by atoms with Crippen molar-refractivity contribution in [2.75, 3.05) is 19.6 Å². The topological polar surface area (TPSA) is 38.0 Å². The molecular weight excluding hydrogens is 192 g/mol. The molecule has 80 valence electrons. The Morgan fingerprint density at radius 2 is 2.29 bits per heavy atom. The Bertz CT molecular complexity index is 242. The highest BCUT2D eigenvalue weighted by Crippen LogP contribution is 2.11. The molecule has 0 aliphatic rings. The molecule has 0 saturated heterocycles. The molecule has 0 unspecified atom stereocenters. The van der Waals surface area contributed by atoms with Crippen molar-refractivity contribution in [1.29, 1.82) is 0 Å². The van der Waals surface area contributed by atoms with Gasteiger partial charge in [-0.15, -0.1) is 11.3 Å². The zero-order valence-electron chi connectivity index (χ0n) is 9.05. The molecule has 14 heavy (non-hydrogen) atoms. The van der Waals surface area contributed by atoms with Crippen LogP contribution >= 0.6 is 11.3 Å². The van der Waals surface area contributed by atoms with Gasteiger partial charge in [-0.05, 0) is 36.4 Å². The molecule has 1 aromatic heterocycles. The summed E-state index contributed by atoms with van der Waals surface area (Å²) in [6.45, 7) is 7.15. The summed E-state index contributed by atoms with van der Waals surface area (Å²) in [7, 11) is 0. The quantitative estimate of drug-likeness (QED) is 0.706. The number of hydrogen-bond donors (Lipinski definition) is 2. The largest absolute Gasteiger partial charge is 0.330 e. The molecule has 0 saturated carbocycles. The van der Waals surface area contributed by atoms with Crippen LogP contribution in [0, 0.1) is 5.41 Å². The molecule has 0 spiro atoms. The fourth-order valence-corrected chi connectivity index (χ4v) is 1.87. The fourth-order valence-electron chi connectivity index (χ4n) is 1.17. The summed E-state index contributed by atoms with van der Waals surface area (Å²) < 4.78 is 0. The lowest BCUT2D eigenvalue weighted by Gasteiger charge is -2.22. The second kappa shape index (κ2) is 5.49. The molecule has 0 radical (unpaired) electrons. The van der Waals surface area contributed by atoms with Crippen molar-refractivity contribution in [3.8, 4) is 0 Å². The Morgan fingerprint density at radius 1 is 1.50 bits per heavy atom. The van der Waals surface area contributed by atoms with E-state index in [0.717, 1.165) is 26.1 Å². The lowest BCUT2D eigenvalue weighted by Crippen LogP contribution is -2.36. The summed E-state index contributed by atoms with van der Waals surface area (Å²) in [5.41, 5.74) is 5.86. The number of nitrogens with one attached hydrogen (secondary N) is 1. The van der Waals surface area contributed by atoms with Gasteiger partial charge in [-0.1, -0.05) is 19.9 Å². The van der Waals surface area contributed by atoms with E-state index in [1.54, 1.807) is 0 Å². The van der Waals surface area contributed by atoms with Gasteiger partial charge in [0.1, 0.15) is 0 Å². The zero-order chi connectivity index (χ0) is 10.4. The van der Waals surface area contributed by atoms with Crippen molar-refractivity contribution >= 4 is 11.3 Å². The van der Waals surface area contributed by atoms with Crippen LogP contribution in [0.2, 0.25) is 0 Å². The van der Waals surface area contributed by atoms with E-state index in [2.05, 4.69) is 36.7 Å². The van der Waals surface area contributed by atoms with Crippen molar-refractivity contribution in [3.05, 3.63) is 22.4 Å². The molecule has 0 atom stereocenters. The molecule has 3 N–H and O–H groups in total. The van der Waals surface area contributed by atoms with E-state index >= 15 is 0 Å². The normalized spacial score (nSPS) is 11.9. The van der Waals surface area contributed by atoms with Gasteiger partial charge in [-0.2, -0.15) is 0 Å². The first-order chi connectivity index (χ1) is 6.64. The SMILES string of the molecule is CC(C)(CN)CNCCc1cccs1. The van der Waals surface area contributed by atoms with Gasteiger partial charge in [0.15, 0.2) is 0 Å². The zero-order valence-corrected chi connectivity index (χ0v) is 9.86. The third-order valence-corrected chi connectivity index (χ3v) is 3.22. The van der Waals surface area contributed by atoms with Crippen LogP contribution in [-0.4, -0.2) is 19.6 Å². The Hall–Kier alpha value is -0.380. The highest BCUT2D eigenvalue weighted by Gasteiger charge is 2.13. The Balaban J connectivity index is 2.11. The molecule has 0 aromatic carbocycles. The van der Waals surface area contributed by atoms with Gasteiger partial charge >= 0.3 is 0 Å². The van der Waals surface area contributed by atoms with Crippen LogP contribution < -0.4 is 11.1 Å². The van der Waals surface area contributed by atoms with E-state index in [9.17, 15) is 0 Å². The smallest absolute Gasteiger partial charge is 0.00578 e. The highest BCUT2D eigenvalue weighted by atomic mass is 32.1. The van der Waals surface area contributed by atoms with Crippen LogP contribution in [0.1, 0.15) is 18.7 Å². The van der Waals surface area contributed by atoms with Crippen molar-refractivity contribution in [2.24, 2.45) is 11.1 Å². The average molecular weight is 212 g/mol. The van der Waals surface area contributed by atoms with E-state index in [1.807, 2.05) is 11.3 Å². The van der Waals surface area contributed by atoms with Crippen molar-refractivity contribution < 1.29 is 0 Å². The molecule has 0 aliphatic heterocycles. The molecule has 0 bridgehead atoms. The minimum Gasteiger partial charge on any atom is -0.330 e. The second-order valence-electron chi connectivity index (χ2n) is 4.37. The maximum Gasteiger partial charge on any atom is 0.00578 e. The molecular formula is C11H20N2S. The van der Waals surface area contributed by atoms with Crippen molar-refractivity contribution in [1.82, 2.24) is 5.32 Å². The van der Waals surface area contributed by atoms with Gasteiger partial charge < -0.3 is 11.1 Å². The summed E-state index contributed by atoms with van der Waals surface area (Å²) in [5.74, 6) is 0. The third-order valence-electron chi connectivity index (χ3n) is 2.28. The van der Waals surface area contributed by atoms with Gasteiger partial charge in [0.25, 0.3) is 0 Å². The molecule has 3 heteroatoms. The minimum atomic E-state index is 0.218. The lowest BCUT2D eigenvalue weighted by atomic mass is 9.94. The molecule has 0 amide bonds. The first-order valence-electron chi connectivity index (χ1n) is 5.07. The average Bonchev–Trinajstić information content (AvgIpc) is 2.65. The van der Waals surface area contributed by atoms with Gasteiger partial charge in [-0.3, -0.25) is 0 Å². The van der Waals surface area contributed by atoms with Crippen LogP contribution in [0.3, 0.4) is 0 Å². The number of rotatable bonds is 6. The predicted molar refractivity (Wildman–Crippen MR) is 63.7 cm³/mol. The highest BCUT2D eigenvalue weighted by molar-refractivity contribution is 7.09. The van der Waals surface area contributed by atoms with Crippen molar-refractivity contribution in [3.63, 3.8) is 0 Å². The van der Waals surface area contributed by atoms with Crippen molar-refractivity contribution in [2.45, 2.75) is 20.3 Å². The number of thiophene rings is 1. The van der Waals surface area contributed by atoms with E-state index in [4.69, 9.17) is 5.73 Å². The summed E-state index contributed by atoms with van der Waals surface area (Å²) in [5, 5.41) is 5.57. The number of hydrogen-bond acceptors (Lipinski definition) is 3. The maximum absolute atomic E-state index is 5.65. The second-order valence-corrected chi connectivity index (χ2v) is 5.41. The molecule has 0 aliphatic carbocycles. The van der Waals surface area contributed by atoms with Crippen LogP contribution in [0.15, 0.2) is 17.5 Å². The number of nitrogens with two attached hydrogens (primary N) is 1. The predicted octanol–water partition coefficient (Wildman–Crippen LogP) is 1.87. The molecule has 2 nitrogen and oxygen atoms in total. The van der Waals surface area contributed by atoms with Crippen LogP contribution in [0.25, 0.3) is 0 Å². The molecule has 1 rings (SSSR count). The van der Waals surface area contributed by atoms with Crippen LogP contribution in [0.4, 0.5) is 0 Å². The fraction of sp³-hybridized carbons (Fsp3) is 0.636. The summed E-state index contributed by atoms with van der Waals surface area (Å²) >= 11 is 1.82. The minimum absolute atomic E-state index is 0.218. The Kier molecular flexibility index (Phi) is 4.58. The molecule has 1 heterocycles. The van der Waals surface area contributed by atoms with Gasteiger partial charge in [0, 0.05) is 11.4 Å². The van der Waals surface area contributed by atoms with Gasteiger partial charge in [0.2, 0.25) is 0 Å². The summed E-state index contributed by atoms with van der Waals surface area (Å²) in [6, 6.07) is 4.28. The Labute approximate surface area is 90.5 Å². The monoisotopic (exact) mass is 212 g/mol. The van der Waals surface area contributed by atoms with Crippen LogP contribution in [-0.2, 0) is 6.42 Å².